The minimum Gasteiger partial charge on any atom is -0.385 e. The van der Waals surface area contributed by atoms with E-state index >= 15 is 0 Å². The molecule has 3 nitrogen and oxygen atoms in total. The quantitative estimate of drug-likeness (QED) is 0.608. The number of rotatable bonds is 5. The minimum absolute atomic E-state index is 0.390. The van der Waals surface area contributed by atoms with Gasteiger partial charge in [0.15, 0.2) is 0 Å². The monoisotopic (exact) mass is 310 g/mol. The van der Waals surface area contributed by atoms with Crippen molar-refractivity contribution in [2.75, 3.05) is 13.7 Å². The van der Waals surface area contributed by atoms with Crippen LogP contribution >= 0.6 is 23.2 Å². The van der Waals surface area contributed by atoms with Gasteiger partial charge in [-0.05, 0) is 18.9 Å². The lowest BCUT2D eigenvalue weighted by Crippen LogP contribution is -2.01. The van der Waals surface area contributed by atoms with Crippen LogP contribution in [0.25, 0.3) is 11.1 Å². The van der Waals surface area contributed by atoms with Crippen LogP contribution in [0.4, 0.5) is 0 Å². The summed E-state index contributed by atoms with van der Waals surface area (Å²) in [6.45, 7) is 2.70. The van der Waals surface area contributed by atoms with Gasteiger partial charge >= 0.3 is 0 Å². The molecular weight excluding hydrogens is 295 g/mol. The van der Waals surface area contributed by atoms with Crippen molar-refractivity contribution in [1.29, 1.82) is 0 Å². The van der Waals surface area contributed by atoms with Gasteiger partial charge < -0.3 is 4.74 Å². The average molecular weight is 311 g/mol. The second kappa shape index (κ2) is 7.02. The van der Waals surface area contributed by atoms with Crippen LogP contribution in [-0.4, -0.2) is 23.7 Å². The Morgan fingerprint density at radius 3 is 2.20 bits per heavy atom. The Bertz CT molecular complexity index is 562. The molecule has 0 aliphatic heterocycles. The van der Waals surface area contributed by atoms with Crippen LogP contribution < -0.4 is 0 Å². The average Bonchev–Trinajstić information content (AvgIpc) is 2.40. The van der Waals surface area contributed by atoms with Crippen molar-refractivity contribution >= 4 is 23.2 Å². The second-order valence-electron chi connectivity index (χ2n) is 4.56. The molecule has 0 N–H and O–H groups in total. The van der Waals surface area contributed by atoms with E-state index in [1.807, 2.05) is 31.2 Å². The van der Waals surface area contributed by atoms with Gasteiger partial charge in [0.05, 0.1) is 5.56 Å². The van der Waals surface area contributed by atoms with Gasteiger partial charge in [-0.1, -0.05) is 53.0 Å². The van der Waals surface area contributed by atoms with E-state index in [1.54, 1.807) is 7.11 Å². The summed E-state index contributed by atoms with van der Waals surface area (Å²) in [5.41, 5.74) is 2.79. The highest BCUT2D eigenvalue weighted by Gasteiger charge is 2.13. The first kappa shape index (κ1) is 15.2. The van der Waals surface area contributed by atoms with E-state index in [1.165, 1.54) is 5.56 Å². The molecule has 0 amide bonds. The van der Waals surface area contributed by atoms with Crippen molar-refractivity contribution in [3.05, 3.63) is 46.0 Å². The van der Waals surface area contributed by atoms with Crippen molar-refractivity contribution in [1.82, 2.24) is 9.97 Å². The minimum atomic E-state index is 0.390. The number of ether oxygens (including phenoxy) is 1. The lowest BCUT2D eigenvalue weighted by molar-refractivity contribution is 0.194. The summed E-state index contributed by atoms with van der Waals surface area (Å²) in [5.74, 6) is 0.646. The first-order valence-electron chi connectivity index (χ1n) is 6.39. The number of aryl methyl sites for hydroxylation is 2. The van der Waals surface area contributed by atoms with Gasteiger partial charge in [-0.3, -0.25) is 0 Å². The van der Waals surface area contributed by atoms with E-state index in [4.69, 9.17) is 27.9 Å². The van der Waals surface area contributed by atoms with Gasteiger partial charge in [0, 0.05) is 20.1 Å². The Morgan fingerprint density at radius 2 is 1.65 bits per heavy atom. The van der Waals surface area contributed by atoms with E-state index < -0.39 is 0 Å². The highest BCUT2D eigenvalue weighted by atomic mass is 35.5. The van der Waals surface area contributed by atoms with Crippen LogP contribution in [-0.2, 0) is 11.2 Å². The molecule has 2 rings (SSSR count). The predicted molar refractivity (Wildman–Crippen MR) is 82.4 cm³/mol. The SMILES string of the molecule is COCCCc1nc(Cl)c(-c2ccc(C)cc2)c(Cl)n1. The van der Waals surface area contributed by atoms with Crippen molar-refractivity contribution in [2.45, 2.75) is 19.8 Å². The Balaban J connectivity index is 2.29. The van der Waals surface area contributed by atoms with E-state index in [0.29, 0.717) is 34.7 Å². The van der Waals surface area contributed by atoms with Gasteiger partial charge in [0.2, 0.25) is 0 Å². The van der Waals surface area contributed by atoms with E-state index in [9.17, 15) is 0 Å². The maximum atomic E-state index is 6.25. The molecule has 0 radical (unpaired) electrons. The van der Waals surface area contributed by atoms with Crippen molar-refractivity contribution < 1.29 is 4.74 Å². The van der Waals surface area contributed by atoms with E-state index in [2.05, 4.69) is 9.97 Å². The van der Waals surface area contributed by atoms with E-state index in [0.717, 1.165) is 12.0 Å². The van der Waals surface area contributed by atoms with Crippen LogP contribution in [0.1, 0.15) is 17.8 Å². The van der Waals surface area contributed by atoms with E-state index in [-0.39, 0.29) is 0 Å². The van der Waals surface area contributed by atoms with Crippen molar-refractivity contribution in [2.24, 2.45) is 0 Å². The Labute approximate surface area is 128 Å². The third-order valence-corrected chi connectivity index (χ3v) is 3.50. The summed E-state index contributed by atoms with van der Waals surface area (Å²) in [6, 6.07) is 7.95. The summed E-state index contributed by atoms with van der Waals surface area (Å²) in [7, 11) is 1.67. The fourth-order valence-corrected chi connectivity index (χ4v) is 2.53. The van der Waals surface area contributed by atoms with Gasteiger partial charge in [0.1, 0.15) is 16.1 Å². The van der Waals surface area contributed by atoms with Gasteiger partial charge in [-0.2, -0.15) is 0 Å². The second-order valence-corrected chi connectivity index (χ2v) is 5.27. The Kier molecular flexibility index (Phi) is 5.35. The molecule has 1 aromatic heterocycles. The third kappa shape index (κ3) is 3.69. The molecule has 20 heavy (non-hydrogen) atoms. The topological polar surface area (TPSA) is 35.0 Å². The third-order valence-electron chi connectivity index (χ3n) is 2.96. The van der Waals surface area contributed by atoms with Crippen LogP contribution in [0.5, 0.6) is 0 Å². The zero-order valence-corrected chi connectivity index (χ0v) is 13.0. The standard InChI is InChI=1S/C15H16Cl2N2O/c1-10-5-7-11(8-6-10)13-14(16)18-12(19-15(13)17)4-3-9-20-2/h5-8H,3-4,9H2,1-2H3. The van der Waals surface area contributed by atoms with Crippen LogP contribution in [0, 0.1) is 6.92 Å². The molecule has 0 atom stereocenters. The summed E-state index contributed by atoms with van der Waals surface area (Å²) >= 11 is 12.5. The molecule has 1 aromatic carbocycles. The van der Waals surface area contributed by atoms with Crippen LogP contribution in [0.2, 0.25) is 10.3 Å². The molecule has 0 bridgehead atoms. The predicted octanol–water partition coefficient (Wildman–Crippen LogP) is 4.34. The first-order valence-corrected chi connectivity index (χ1v) is 7.15. The maximum Gasteiger partial charge on any atom is 0.142 e. The van der Waals surface area contributed by atoms with Crippen molar-refractivity contribution in [3.8, 4) is 11.1 Å². The number of halogens is 2. The molecule has 0 saturated carbocycles. The fraction of sp³-hybridized carbons (Fsp3) is 0.333. The van der Waals surface area contributed by atoms with Gasteiger partial charge in [-0.25, -0.2) is 9.97 Å². The largest absolute Gasteiger partial charge is 0.385 e. The molecule has 5 heteroatoms. The fourth-order valence-electron chi connectivity index (χ4n) is 1.89. The zero-order chi connectivity index (χ0) is 14.5. The molecular formula is C15H16Cl2N2O. The van der Waals surface area contributed by atoms with Gasteiger partial charge in [-0.15, -0.1) is 0 Å². The van der Waals surface area contributed by atoms with Crippen LogP contribution in [0.3, 0.4) is 0 Å². The zero-order valence-electron chi connectivity index (χ0n) is 11.5. The summed E-state index contributed by atoms with van der Waals surface area (Å²) in [6.07, 6.45) is 1.54. The number of hydrogen-bond acceptors (Lipinski definition) is 3. The number of aromatic nitrogens is 2. The van der Waals surface area contributed by atoms with Gasteiger partial charge in [0.25, 0.3) is 0 Å². The summed E-state index contributed by atoms with van der Waals surface area (Å²) < 4.78 is 5.01. The first-order chi connectivity index (χ1) is 9.61. The number of methoxy groups -OCH3 is 1. The smallest absolute Gasteiger partial charge is 0.142 e. The highest BCUT2D eigenvalue weighted by molar-refractivity contribution is 6.37. The molecule has 0 aliphatic carbocycles. The molecule has 0 saturated heterocycles. The molecule has 0 spiro atoms. The molecule has 106 valence electrons. The summed E-state index contributed by atoms with van der Waals surface area (Å²) in [4.78, 5) is 8.64. The number of benzene rings is 1. The summed E-state index contributed by atoms with van der Waals surface area (Å²) in [5, 5.41) is 0.780. The lowest BCUT2D eigenvalue weighted by atomic mass is 10.1. The molecule has 1 heterocycles. The molecule has 2 aromatic rings. The molecule has 0 fully saturated rings. The van der Waals surface area contributed by atoms with Crippen molar-refractivity contribution in [3.63, 3.8) is 0 Å². The number of hydrogen-bond donors (Lipinski definition) is 0. The number of nitrogens with zero attached hydrogens (tertiary/aromatic N) is 2. The lowest BCUT2D eigenvalue weighted by Gasteiger charge is -2.09. The molecule has 0 aliphatic rings. The maximum absolute atomic E-state index is 6.25. The molecule has 0 unspecified atom stereocenters. The van der Waals surface area contributed by atoms with Crippen LogP contribution in [0.15, 0.2) is 24.3 Å². The Morgan fingerprint density at radius 1 is 1.05 bits per heavy atom. The highest BCUT2D eigenvalue weighted by Crippen LogP contribution is 2.32. The normalized spacial score (nSPS) is 10.8. The Hall–Kier alpha value is -1.16.